The predicted octanol–water partition coefficient (Wildman–Crippen LogP) is 1.50. The highest BCUT2D eigenvalue weighted by Gasteiger charge is 2.31. The molecule has 2 heterocycles. The molecule has 0 saturated carbocycles. The molecule has 0 aromatic carbocycles. The topological polar surface area (TPSA) is 32.7 Å². The second kappa shape index (κ2) is 5.48. The van der Waals surface area contributed by atoms with Gasteiger partial charge in [-0.25, -0.2) is 0 Å². The van der Waals surface area contributed by atoms with E-state index < -0.39 is 0 Å². The molecular formula is C13H25NO2. The molecule has 3 heteroatoms. The Labute approximate surface area is 98.8 Å². The van der Waals surface area contributed by atoms with Crippen LogP contribution in [0.5, 0.6) is 0 Å². The van der Waals surface area contributed by atoms with Crippen molar-refractivity contribution < 1.29 is 9.84 Å². The van der Waals surface area contributed by atoms with Crippen molar-refractivity contribution in [3.05, 3.63) is 0 Å². The Bertz CT molecular complexity index is 214. The minimum Gasteiger partial charge on any atom is -0.391 e. The van der Waals surface area contributed by atoms with E-state index in [4.69, 9.17) is 4.74 Å². The Balaban J connectivity index is 1.83. The number of hydrogen-bond acceptors (Lipinski definition) is 3. The maximum absolute atomic E-state index is 10.2. The summed E-state index contributed by atoms with van der Waals surface area (Å²) in [6.45, 7) is 8.16. The molecule has 3 nitrogen and oxygen atoms in total. The summed E-state index contributed by atoms with van der Waals surface area (Å²) in [5.41, 5.74) is 0. The minimum absolute atomic E-state index is 0.193. The molecule has 2 saturated heterocycles. The molecule has 2 rings (SSSR count). The molecule has 0 bridgehead atoms. The monoisotopic (exact) mass is 227 g/mol. The van der Waals surface area contributed by atoms with Crippen LogP contribution in [0.4, 0.5) is 0 Å². The van der Waals surface area contributed by atoms with Gasteiger partial charge >= 0.3 is 0 Å². The van der Waals surface area contributed by atoms with Gasteiger partial charge in [0.15, 0.2) is 0 Å². The SMILES string of the molecule is CC(C)C1CCCN1CC(O)C1CCOC1. The van der Waals surface area contributed by atoms with Gasteiger partial charge in [-0.1, -0.05) is 13.8 Å². The van der Waals surface area contributed by atoms with Crippen LogP contribution in [0.1, 0.15) is 33.1 Å². The van der Waals surface area contributed by atoms with E-state index in [1.54, 1.807) is 0 Å². The zero-order valence-electron chi connectivity index (χ0n) is 10.6. The van der Waals surface area contributed by atoms with Crippen molar-refractivity contribution in [1.29, 1.82) is 0 Å². The molecular weight excluding hydrogens is 202 g/mol. The summed E-state index contributed by atoms with van der Waals surface area (Å²) in [7, 11) is 0. The van der Waals surface area contributed by atoms with E-state index in [1.807, 2.05) is 0 Å². The van der Waals surface area contributed by atoms with Gasteiger partial charge in [-0.15, -0.1) is 0 Å². The van der Waals surface area contributed by atoms with Crippen LogP contribution in [0, 0.1) is 11.8 Å². The normalized spacial score (nSPS) is 33.8. The first kappa shape index (κ1) is 12.3. The summed E-state index contributed by atoms with van der Waals surface area (Å²) in [6, 6.07) is 0.678. The van der Waals surface area contributed by atoms with Gasteiger partial charge < -0.3 is 9.84 Å². The van der Waals surface area contributed by atoms with Gasteiger partial charge in [0.05, 0.1) is 12.7 Å². The lowest BCUT2D eigenvalue weighted by Gasteiger charge is -2.30. The van der Waals surface area contributed by atoms with Crippen molar-refractivity contribution in [2.75, 3.05) is 26.3 Å². The second-order valence-electron chi connectivity index (χ2n) is 5.64. The third-order valence-corrected chi connectivity index (χ3v) is 4.11. The van der Waals surface area contributed by atoms with Crippen LogP contribution < -0.4 is 0 Å². The lowest BCUT2D eigenvalue weighted by Crippen LogP contribution is -2.41. The number of ether oxygens (including phenoxy) is 1. The Morgan fingerprint density at radius 3 is 2.81 bits per heavy atom. The number of rotatable bonds is 4. The highest BCUT2D eigenvalue weighted by Crippen LogP contribution is 2.26. The number of β-amino-alcohol motifs (C(OH)–C–C–N with tert-alkyl or cyclic N) is 1. The van der Waals surface area contributed by atoms with E-state index in [0.29, 0.717) is 17.9 Å². The van der Waals surface area contributed by atoms with Crippen LogP contribution in [0.2, 0.25) is 0 Å². The van der Waals surface area contributed by atoms with Gasteiger partial charge in [-0.05, 0) is 31.7 Å². The Kier molecular flexibility index (Phi) is 4.22. The highest BCUT2D eigenvalue weighted by molar-refractivity contribution is 4.85. The molecule has 0 radical (unpaired) electrons. The van der Waals surface area contributed by atoms with Crippen LogP contribution in [0.3, 0.4) is 0 Å². The zero-order chi connectivity index (χ0) is 11.5. The molecule has 2 fully saturated rings. The van der Waals surface area contributed by atoms with E-state index in [-0.39, 0.29) is 6.10 Å². The Morgan fingerprint density at radius 1 is 1.38 bits per heavy atom. The number of aliphatic hydroxyl groups excluding tert-OH is 1. The molecule has 0 spiro atoms. The first-order chi connectivity index (χ1) is 7.68. The number of nitrogens with zero attached hydrogens (tertiary/aromatic N) is 1. The largest absolute Gasteiger partial charge is 0.391 e. The van der Waals surface area contributed by atoms with Crippen molar-refractivity contribution in [3.8, 4) is 0 Å². The van der Waals surface area contributed by atoms with E-state index in [9.17, 15) is 5.11 Å². The van der Waals surface area contributed by atoms with Gasteiger partial charge in [-0.3, -0.25) is 4.90 Å². The molecule has 3 unspecified atom stereocenters. The average molecular weight is 227 g/mol. The number of hydrogen-bond donors (Lipinski definition) is 1. The third-order valence-electron chi connectivity index (χ3n) is 4.11. The summed E-state index contributed by atoms with van der Waals surface area (Å²) in [6.07, 6.45) is 3.42. The van der Waals surface area contributed by atoms with Crippen molar-refractivity contribution in [3.63, 3.8) is 0 Å². The quantitative estimate of drug-likeness (QED) is 0.790. The van der Waals surface area contributed by atoms with E-state index in [2.05, 4.69) is 18.7 Å². The lowest BCUT2D eigenvalue weighted by atomic mass is 9.98. The molecule has 3 atom stereocenters. The Morgan fingerprint density at radius 2 is 2.19 bits per heavy atom. The zero-order valence-corrected chi connectivity index (χ0v) is 10.6. The molecule has 16 heavy (non-hydrogen) atoms. The van der Waals surface area contributed by atoms with Gasteiger partial charge in [0.25, 0.3) is 0 Å². The molecule has 0 aromatic heterocycles. The second-order valence-corrected chi connectivity index (χ2v) is 5.64. The van der Waals surface area contributed by atoms with Crippen LogP contribution in [0.15, 0.2) is 0 Å². The van der Waals surface area contributed by atoms with Crippen LogP contribution >= 0.6 is 0 Å². The first-order valence-corrected chi connectivity index (χ1v) is 6.68. The fraction of sp³-hybridized carbons (Fsp3) is 1.00. The van der Waals surface area contributed by atoms with Crippen molar-refractivity contribution in [2.24, 2.45) is 11.8 Å². The van der Waals surface area contributed by atoms with E-state index in [1.165, 1.54) is 12.8 Å². The summed E-state index contributed by atoms with van der Waals surface area (Å²) in [5, 5.41) is 10.2. The lowest BCUT2D eigenvalue weighted by molar-refractivity contribution is 0.0458. The van der Waals surface area contributed by atoms with Crippen LogP contribution in [-0.4, -0.2) is 48.5 Å². The molecule has 0 aromatic rings. The fourth-order valence-electron chi connectivity index (χ4n) is 3.08. The molecule has 1 N–H and O–H groups in total. The van der Waals surface area contributed by atoms with Crippen molar-refractivity contribution >= 4 is 0 Å². The number of aliphatic hydroxyl groups is 1. The van der Waals surface area contributed by atoms with Crippen LogP contribution in [-0.2, 0) is 4.74 Å². The molecule has 2 aliphatic rings. The van der Waals surface area contributed by atoms with Gasteiger partial charge in [0.1, 0.15) is 0 Å². The fourth-order valence-corrected chi connectivity index (χ4v) is 3.08. The van der Waals surface area contributed by atoms with E-state index >= 15 is 0 Å². The predicted molar refractivity (Wildman–Crippen MR) is 64.4 cm³/mol. The van der Waals surface area contributed by atoms with Crippen molar-refractivity contribution in [1.82, 2.24) is 4.90 Å². The summed E-state index contributed by atoms with van der Waals surface area (Å²) in [5.74, 6) is 1.07. The Hall–Kier alpha value is -0.120. The van der Waals surface area contributed by atoms with Gasteiger partial charge in [0, 0.05) is 25.1 Å². The summed E-state index contributed by atoms with van der Waals surface area (Å²) < 4.78 is 5.34. The number of likely N-dealkylation sites (tertiary alicyclic amines) is 1. The van der Waals surface area contributed by atoms with Gasteiger partial charge in [-0.2, -0.15) is 0 Å². The molecule has 0 aliphatic carbocycles. The summed E-state index contributed by atoms with van der Waals surface area (Å²) in [4.78, 5) is 2.48. The molecule has 94 valence electrons. The maximum Gasteiger partial charge on any atom is 0.0718 e. The highest BCUT2D eigenvalue weighted by atomic mass is 16.5. The van der Waals surface area contributed by atoms with E-state index in [0.717, 1.165) is 32.7 Å². The first-order valence-electron chi connectivity index (χ1n) is 6.68. The van der Waals surface area contributed by atoms with Gasteiger partial charge in [0.2, 0.25) is 0 Å². The maximum atomic E-state index is 10.2. The summed E-state index contributed by atoms with van der Waals surface area (Å²) >= 11 is 0. The van der Waals surface area contributed by atoms with Crippen LogP contribution in [0.25, 0.3) is 0 Å². The smallest absolute Gasteiger partial charge is 0.0718 e. The third kappa shape index (κ3) is 2.76. The average Bonchev–Trinajstić information content (AvgIpc) is 2.86. The standard InChI is InChI=1S/C13H25NO2/c1-10(2)12-4-3-6-14(12)8-13(15)11-5-7-16-9-11/h10-13,15H,3-9H2,1-2H3. The minimum atomic E-state index is -0.193. The van der Waals surface area contributed by atoms with Crippen molar-refractivity contribution in [2.45, 2.75) is 45.3 Å². The molecule has 2 aliphatic heterocycles. The molecule has 0 amide bonds.